The Balaban J connectivity index is 0.00000729. The molecular weight excluding hydrogens is 391 g/mol. The molecule has 0 N–H and O–H groups in total. The van der Waals surface area contributed by atoms with Gasteiger partial charge in [0, 0.05) is 13.2 Å². The molecule has 156 valence electrons. The molecule has 1 unspecified atom stereocenters. The third-order valence-corrected chi connectivity index (χ3v) is 5.19. The molecule has 8 heteroatoms. The summed E-state index contributed by atoms with van der Waals surface area (Å²) < 4.78 is 51.5. The first-order valence-corrected chi connectivity index (χ1v) is 10.6. The third-order valence-electron chi connectivity index (χ3n) is 4.11. The van der Waals surface area contributed by atoms with Crippen LogP contribution < -0.4 is 34.3 Å². The maximum atomic E-state index is 11.9. The largest absolute Gasteiger partial charge is 1.00 e. The van der Waals surface area contributed by atoms with Crippen LogP contribution in [0.2, 0.25) is 0 Å². The molecule has 0 bridgehead atoms. The minimum Gasteiger partial charge on any atom is -0.743 e. The Kier molecular flexibility index (Phi) is 10.7. The van der Waals surface area contributed by atoms with E-state index in [2.05, 4.69) is 34.6 Å². The first kappa shape index (κ1) is 27.8. The molecule has 0 aromatic heterocycles. The molecule has 0 amide bonds. The first-order valence-electron chi connectivity index (χ1n) is 9.23. The SMILES string of the molecule is CCOCC(OCC)(Oc1ccc(C(C)(C)CC(C)(C)C)cc1)S(=O)(=O)[O-].[Na+]. The summed E-state index contributed by atoms with van der Waals surface area (Å²) in [6, 6.07) is 7.08. The van der Waals surface area contributed by atoms with E-state index in [4.69, 9.17) is 14.2 Å². The smallest absolute Gasteiger partial charge is 0.743 e. The van der Waals surface area contributed by atoms with Gasteiger partial charge in [-0.05, 0) is 48.8 Å². The van der Waals surface area contributed by atoms with Crippen LogP contribution in [0.5, 0.6) is 5.75 Å². The van der Waals surface area contributed by atoms with Gasteiger partial charge in [0.15, 0.2) is 10.1 Å². The molecule has 0 radical (unpaired) electrons. The van der Waals surface area contributed by atoms with Crippen molar-refractivity contribution in [3.05, 3.63) is 29.8 Å². The molecule has 1 aromatic rings. The van der Waals surface area contributed by atoms with Crippen LogP contribution in [-0.2, 0) is 25.0 Å². The van der Waals surface area contributed by atoms with Crippen molar-refractivity contribution in [2.24, 2.45) is 5.41 Å². The summed E-state index contributed by atoms with van der Waals surface area (Å²) in [6.07, 6.45) is 0.975. The molecule has 0 saturated carbocycles. The second-order valence-electron chi connectivity index (χ2n) is 8.46. The van der Waals surface area contributed by atoms with Gasteiger partial charge in [-0.3, -0.25) is 0 Å². The second kappa shape index (κ2) is 10.8. The van der Waals surface area contributed by atoms with Crippen LogP contribution in [0.1, 0.15) is 60.5 Å². The summed E-state index contributed by atoms with van der Waals surface area (Å²) in [5.41, 5.74) is 1.20. The van der Waals surface area contributed by atoms with E-state index in [1.807, 2.05) is 12.1 Å². The van der Waals surface area contributed by atoms with Crippen LogP contribution in [0.15, 0.2) is 24.3 Å². The summed E-state index contributed by atoms with van der Waals surface area (Å²) in [5.74, 6) is 0.234. The van der Waals surface area contributed by atoms with Gasteiger partial charge in [0.1, 0.15) is 12.4 Å². The topological polar surface area (TPSA) is 84.9 Å². The van der Waals surface area contributed by atoms with Crippen molar-refractivity contribution in [2.75, 3.05) is 19.8 Å². The molecule has 0 aliphatic rings. The van der Waals surface area contributed by atoms with Gasteiger partial charge in [-0.25, -0.2) is 8.42 Å². The van der Waals surface area contributed by atoms with Gasteiger partial charge < -0.3 is 18.8 Å². The van der Waals surface area contributed by atoms with Gasteiger partial charge in [-0.2, -0.15) is 0 Å². The van der Waals surface area contributed by atoms with Crippen molar-refractivity contribution in [1.29, 1.82) is 0 Å². The van der Waals surface area contributed by atoms with Crippen LogP contribution in [0.4, 0.5) is 0 Å². The van der Waals surface area contributed by atoms with Crippen molar-refractivity contribution >= 4 is 10.1 Å². The summed E-state index contributed by atoms with van der Waals surface area (Å²) >= 11 is 0. The predicted octanol–water partition coefficient (Wildman–Crippen LogP) is 1.06. The molecule has 1 atom stereocenters. The number of benzene rings is 1. The van der Waals surface area contributed by atoms with E-state index in [0.717, 1.165) is 12.0 Å². The Morgan fingerprint density at radius 1 is 0.964 bits per heavy atom. The normalized spacial score (nSPS) is 14.9. The van der Waals surface area contributed by atoms with Crippen LogP contribution in [-0.4, -0.2) is 37.9 Å². The van der Waals surface area contributed by atoms with E-state index in [9.17, 15) is 13.0 Å². The average Bonchev–Trinajstić information content (AvgIpc) is 2.50. The number of ether oxygens (including phenoxy) is 3. The van der Waals surface area contributed by atoms with Gasteiger partial charge in [0.2, 0.25) is 0 Å². The van der Waals surface area contributed by atoms with E-state index in [-0.39, 0.29) is 59.4 Å². The Morgan fingerprint density at radius 3 is 1.89 bits per heavy atom. The molecule has 6 nitrogen and oxygen atoms in total. The first-order chi connectivity index (χ1) is 12.3. The molecule has 28 heavy (non-hydrogen) atoms. The Bertz CT molecular complexity index is 694. The third kappa shape index (κ3) is 7.94. The summed E-state index contributed by atoms with van der Waals surface area (Å²) in [6.45, 7) is 13.9. The number of rotatable bonds is 10. The average molecular weight is 425 g/mol. The molecule has 0 spiro atoms. The zero-order valence-electron chi connectivity index (χ0n) is 18.5. The van der Waals surface area contributed by atoms with Crippen molar-refractivity contribution in [1.82, 2.24) is 0 Å². The van der Waals surface area contributed by atoms with Crippen LogP contribution in [0.3, 0.4) is 0 Å². The van der Waals surface area contributed by atoms with E-state index >= 15 is 0 Å². The Hall–Kier alpha value is -0.150. The fraction of sp³-hybridized carbons (Fsp3) is 0.700. The fourth-order valence-corrected chi connectivity index (χ4v) is 4.01. The Labute approximate surface area is 192 Å². The summed E-state index contributed by atoms with van der Waals surface area (Å²) in [7, 11) is -4.94. The van der Waals surface area contributed by atoms with Crippen LogP contribution in [0.25, 0.3) is 0 Å². The molecule has 0 aliphatic carbocycles. The zero-order chi connectivity index (χ0) is 20.9. The van der Waals surface area contributed by atoms with Gasteiger partial charge in [-0.15, -0.1) is 0 Å². The number of hydrogen-bond acceptors (Lipinski definition) is 6. The minimum atomic E-state index is -4.94. The molecule has 0 fully saturated rings. The van der Waals surface area contributed by atoms with Gasteiger partial charge in [0.05, 0.1) is 0 Å². The second-order valence-corrected chi connectivity index (χ2v) is 9.99. The predicted molar refractivity (Wildman–Crippen MR) is 105 cm³/mol. The van der Waals surface area contributed by atoms with E-state index in [0.29, 0.717) is 0 Å². The van der Waals surface area contributed by atoms with Crippen molar-refractivity contribution in [3.8, 4) is 5.75 Å². The van der Waals surface area contributed by atoms with Crippen LogP contribution in [0, 0.1) is 5.41 Å². The van der Waals surface area contributed by atoms with Crippen LogP contribution >= 0.6 is 0 Å². The van der Waals surface area contributed by atoms with E-state index in [1.165, 1.54) is 0 Å². The Morgan fingerprint density at radius 2 is 1.50 bits per heavy atom. The summed E-state index contributed by atoms with van der Waals surface area (Å²) in [4.78, 5) is 0. The standard InChI is InChI=1S/C20H34O6S.Na/c1-8-24-15-20(25-9-2,27(21,22)23)26-17-12-10-16(11-13-17)19(6,7)14-18(3,4)5;/h10-13H,8-9,14-15H2,1-7H3,(H,21,22,23);/q;+1/p-1. The van der Waals surface area contributed by atoms with E-state index < -0.39 is 21.8 Å². The molecule has 0 aliphatic heterocycles. The molecule has 0 saturated heterocycles. The maximum Gasteiger partial charge on any atom is 1.00 e. The molecule has 1 rings (SSSR count). The molecular formula is C20H33NaO6S. The molecule has 0 heterocycles. The van der Waals surface area contributed by atoms with Gasteiger partial charge in [-0.1, -0.05) is 46.8 Å². The van der Waals surface area contributed by atoms with Crippen molar-refractivity contribution < 1.29 is 56.7 Å². The fourth-order valence-electron chi connectivity index (χ4n) is 3.32. The number of hydrogen-bond donors (Lipinski definition) is 0. The van der Waals surface area contributed by atoms with Gasteiger partial charge >= 0.3 is 34.7 Å². The quantitative estimate of drug-likeness (QED) is 0.317. The van der Waals surface area contributed by atoms with Crippen molar-refractivity contribution in [2.45, 2.75) is 65.4 Å². The zero-order valence-corrected chi connectivity index (χ0v) is 21.3. The molecule has 1 aromatic carbocycles. The minimum absolute atomic E-state index is 0. The monoisotopic (exact) mass is 424 g/mol. The van der Waals surface area contributed by atoms with Crippen molar-refractivity contribution in [3.63, 3.8) is 0 Å². The maximum absolute atomic E-state index is 11.9. The summed E-state index contributed by atoms with van der Waals surface area (Å²) in [5, 5.41) is -2.40. The van der Waals surface area contributed by atoms with Gasteiger partial charge in [0.25, 0.3) is 0 Å². The van der Waals surface area contributed by atoms with E-state index in [1.54, 1.807) is 26.0 Å².